The van der Waals surface area contributed by atoms with E-state index in [9.17, 15) is 0 Å². The van der Waals surface area contributed by atoms with Gasteiger partial charge >= 0.3 is 0 Å². The fourth-order valence-electron chi connectivity index (χ4n) is 2.11. The maximum atomic E-state index is 8.58. The van der Waals surface area contributed by atoms with Crippen LogP contribution in [0.25, 0.3) is 21.9 Å². The van der Waals surface area contributed by atoms with E-state index in [2.05, 4.69) is 5.73 Å². The number of primary amides is 1. The number of para-hydroxylation sites is 1. The van der Waals surface area contributed by atoms with Crippen LogP contribution in [0.3, 0.4) is 0 Å². The van der Waals surface area contributed by atoms with E-state index >= 15 is 0 Å². The van der Waals surface area contributed by atoms with E-state index in [0.717, 1.165) is 21.9 Å². The van der Waals surface area contributed by atoms with Gasteiger partial charge in [-0.2, -0.15) is 0 Å². The van der Waals surface area contributed by atoms with Gasteiger partial charge in [0.15, 0.2) is 11.3 Å². The van der Waals surface area contributed by atoms with Gasteiger partial charge in [-0.3, -0.25) is 4.79 Å². The molecule has 3 aromatic rings. The lowest BCUT2D eigenvalue weighted by Crippen LogP contribution is -1.86. The van der Waals surface area contributed by atoms with Crippen molar-refractivity contribution >= 4 is 34.6 Å². The third kappa shape index (κ3) is 2.21. The SMILES string of the molecule is COc1ccc(C=N)c2c1oc1ccccc12.NC=O. The zero-order valence-corrected chi connectivity index (χ0v) is 10.9. The quantitative estimate of drug-likeness (QED) is 0.554. The van der Waals surface area contributed by atoms with Crippen molar-refractivity contribution in [3.05, 3.63) is 42.0 Å². The van der Waals surface area contributed by atoms with Crippen molar-refractivity contribution in [2.24, 2.45) is 5.73 Å². The molecule has 0 aliphatic heterocycles. The molecule has 3 N–H and O–H groups in total. The number of nitrogens with one attached hydrogen (secondary N) is 1. The van der Waals surface area contributed by atoms with Crippen LogP contribution in [0.15, 0.2) is 40.8 Å². The third-order valence-electron chi connectivity index (χ3n) is 2.90. The van der Waals surface area contributed by atoms with E-state index < -0.39 is 0 Å². The van der Waals surface area contributed by atoms with E-state index in [0.29, 0.717) is 11.3 Å². The summed E-state index contributed by atoms with van der Waals surface area (Å²) in [6.45, 7) is 0. The van der Waals surface area contributed by atoms with Crippen LogP contribution in [-0.4, -0.2) is 19.7 Å². The van der Waals surface area contributed by atoms with Gasteiger partial charge in [-0.15, -0.1) is 0 Å². The Balaban J connectivity index is 0.000000452. The number of benzene rings is 2. The first-order valence-electron chi connectivity index (χ1n) is 5.91. The van der Waals surface area contributed by atoms with E-state index in [1.165, 1.54) is 6.21 Å². The van der Waals surface area contributed by atoms with Crippen LogP contribution >= 0.6 is 0 Å². The molecule has 102 valence electrons. The molecule has 1 heterocycles. The predicted molar refractivity (Wildman–Crippen MR) is 78.4 cm³/mol. The molecule has 0 saturated heterocycles. The molecule has 1 amide bonds. The number of hydrogen-bond donors (Lipinski definition) is 2. The predicted octanol–water partition coefficient (Wildman–Crippen LogP) is 2.69. The Morgan fingerprint density at radius 3 is 2.60 bits per heavy atom. The standard InChI is InChI=1S/C14H11NO2.CH3NO/c1-16-12-7-6-9(8-15)13-10-4-2-3-5-11(10)17-14(12)13;2-1-3/h2-8,15H,1H3;1H,(H2,2,3). The third-order valence-corrected chi connectivity index (χ3v) is 2.90. The van der Waals surface area contributed by atoms with Crippen LogP contribution in [0.1, 0.15) is 5.56 Å². The zero-order valence-electron chi connectivity index (χ0n) is 10.9. The van der Waals surface area contributed by atoms with Crippen molar-refractivity contribution in [2.45, 2.75) is 0 Å². The highest BCUT2D eigenvalue weighted by molar-refractivity contribution is 6.14. The lowest BCUT2D eigenvalue weighted by Gasteiger charge is -2.01. The molecule has 0 atom stereocenters. The van der Waals surface area contributed by atoms with Crippen molar-refractivity contribution in [3.63, 3.8) is 0 Å². The number of hydrogen-bond acceptors (Lipinski definition) is 4. The summed E-state index contributed by atoms with van der Waals surface area (Å²) in [6, 6.07) is 11.5. The summed E-state index contributed by atoms with van der Waals surface area (Å²) >= 11 is 0. The average Bonchev–Trinajstić information content (AvgIpc) is 2.86. The first-order chi connectivity index (χ1) is 9.76. The molecule has 0 unspecified atom stereocenters. The maximum absolute atomic E-state index is 8.58. The molecular weight excluding hydrogens is 256 g/mol. The Morgan fingerprint density at radius 2 is 1.95 bits per heavy atom. The Kier molecular flexibility index (Phi) is 4.00. The molecule has 3 rings (SSSR count). The van der Waals surface area contributed by atoms with Crippen LogP contribution < -0.4 is 10.5 Å². The number of rotatable bonds is 2. The van der Waals surface area contributed by atoms with Crippen LogP contribution in [-0.2, 0) is 4.79 Å². The summed E-state index contributed by atoms with van der Waals surface area (Å²) < 4.78 is 11.1. The number of carbonyl (C=O) groups is 1. The number of carbonyl (C=O) groups excluding carboxylic acids is 1. The lowest BCUT2D eigenvalue weighted by atomic mass is 10.1. The Morgan fingerprint density at radius 1 is 1.25 bits per heavy atom. The number of ether oxygens (including phenoxy) is 1. The van der Waals surface area contributed by atoms with Crippen LogP contribution in [0.4, 0.5) is 0 Å². The number of amides is 1. The molecule has 0 saturated carbocycles. The molecule has 0 radical (unpaired) electrons. The fraction of sp³-hybridized carbons (Fsp3) is 0.0667. The molecular formula is C15H14N2O3. The van der Waals surface area contributed by atoms with Crippen molar-refractivity contribution in [1.29, 1.82) is 5.41 Å². The monoisotopic (exact) mass is 270 g/mol. The van der Waals surface area contributed by atoms with Gasteiger partial charge in [-0.25, -0.2) is 0 Å². The molecule has 0 bridgehead atoms. The van der Waals surface area contributed by atoms with Crippen LogP contribution in [0.2, 0.25) is 0 Å². The summed E-state index contributed by atoms with van der Waals surface area (Å²) in [4.78, 5) is 8.58. The summed E-state index contributed by atoms with van der Waals surface area (Å²) in [5.41, 5.74) is 6.52. The largest absolute Gasteiger partial charge is 0.493 e. The van der Waals surface area contributed by atoms with Gasteiger partial charge in [0.25, 0.3) is 0 Å². The van der Waals surface area contributed by atoms with Gasteiger partial charge in [0.2, 0.25) is 6.41 Å². The zero-order chi connectivity index (χ0) is 14.5. The molecule has 2 aromatic carbocycles. The summed E-state index contributed by atoms with van der Waals surface area (Å²) in [5, 5.41) is 9.41. The topological polar surface area (TPSA) is 89.3 Å². The van der Waals surface area contributed by atoms with E-state index in [-0.39, 0.29) is 6.41 Å². The Labute approximate surface area is 115 Å². The Hall–Kier alpha value is -2.82. The van der Waals surface area contributed by atoms with Crippen LogP contribution in [0.5, 0.6) is 5.75 Å². The molecule has 20 heavy (non-hydrogen) atoms. The second-order valence-electron chi connectivity index (χ2n) is 3.94. The molecule has 5 heteroatoms. The first kappa shape index (κ1) is 13.6. The second-order valence-corrected chi connectivity index (χ2v) is 3.94. The molecule has 0 spiro atoms. The molecule has 5 nitrogen and oxygen atoms in total. The van der Waals surface area contributed by atoms with E-state index in [1.54, 1.807) is 7.11 Å². The highest BCUT2D eigenvalue weighted by Gasteiger charge is 2.13. The summed E-state index contributed by atoms with van der Waals surface area (Å²) in [5.74, 6) is 0.696. The Bertz CT molecular complexity index is 762. The van der Waals surface area contributed by atoms with Crippen molar-refractivity contribution in [3.8, 4) is 5.75 Å². The highest BCUT2D eigenvalue weighted by Crippen LogP contribution is 2.36. The lowest BCUT2D eigenvalue weighted by molar-refractivity contribution is -0.106. The smallest absolute Gasteiger partial charge is 0.204 e. The van der Waals surface area contributed by atoms with Crippen molar-refractivity contribution < 1.29 is 13.9 Å². The van der Waals surface area contributed by atoms with Gasteiger partial charge in [0, 0.05) is 22.6 Å². The first-order valence-corrected chi connectivity index (χ1v) is 5.91. The minimum Gasteiger partial charge on any atom is -0.493 e. The van der Waals surface area contributed by atoms with E-state index in [4.69, 9.17) is 19.4 Å². The number of nitrogens with two attached hydrogens (primary N) is 1. The van der Waals surface area contributed by atoms with Gasteiger partial charge < -0.3 is 20.3 Å². The van der Waals surface area contributed by atoms with Gasteiger partial charge in [-0.1, -0.05) is 18.2 Å². The molecule has 0 fully saturated rings. The molecule has 0 aliphatic rings. The average molecular weight is 270 g/mol. The van der Waals surface area contributed by atoms with E-state index in [1.807, 2.05) is 36.4 Å². The second kappa shape index (κ2) is 5.88. The van der Waals surface area contributed by atoms with Gasteiger partial charge in [0.1, 0.15) is 5.58 Å². The van der Waals surface area contributed by atoms with Crippen LogP contribution in [0, 0.1) is 5.41 Å². The highest BCUT2D eigenvalue weighted by atomic mass is 16.5. The number of furan rings is 1. The van der Waals surface area contributed by atoms with Gasteiger partial charge in [-0.05, 0) is 18.2 Å². The number of fused-ring (bicyclic) bond motifs is 3. The number of methoxy groups -OCH3 is 1. The van der Waals surface area contributed by atoms with Gasteiger partial charge in [0.05, 0.1) is 7.11 Å². The maximum Gasteiger partial charge on any atom is 0.204 e. The van der Waals surface area contributed by atoms with Crippen molar-refractivity contribution in [1.82, 2.24) is 0 Å². The molecule has 0 aliphatic carbocycles. The minimum absolute atomic E-state index is 0.250. The normalized spacial score (nSPS) is 9.85. The summed E-state index contributed by atoms with van der Waals surface area (Å²) in [7, 11) is 1.62. The minimum atomic E-state index is 0.250. The molecule has 1 aromatic heterocycles. The fourth-order valence-corrected chi connectivity index (χ4v) is 2.11. The summed E-state index contributed by atoms with van der Waals surface area (Å²) in [6.07, 6.45) is 1.59. The van der Waals surface area contributed by atoms with Crippen molar-refractivity contribution in [2.75, 3.05) is 7.11 Å².